The summed E-state index contributed by atoms with van der Waals surface area (Å²) >= 11 is 6.12. The normalized spacial score (nSPS) is 19.4. The Morgan fingerprint density at radius 1 is 1.42 bits per heavy atom. The van der Waals surface area contributed by atoms with Crippen LogP contribution in [0.15, 0.2) is 30.5 Å². The number of aromatic nitrogens is 1. The fourth-order valence-corrected chi connectivity index (χ4v) is 2.65. The molecule has 1 atom stereocenters. The predicted octanol–water partition coefficient (Wildman–Crippen LogP) is 2.96. The van der Waals surface area contributed by atoms with Crippen molar-refractivity contribution in [1.82, 2.24) is 4.98 Å². The van der Waals surface area contributed by atoms with E-state index in [2.05, 4.69) is 4.98 Å². The molecule has 0 aliphatic carbocycles. The molecule has 1 aromatic heterocycles. The highest BCUT2D eigenvalue weighted by atomic mass is 35.5. The molecular formula is C17H18ClNO5. The highest BCUT2D eigenvalue weighted by Crippen LogP contribution is 2.29. The van der Waals surface area contributed by atoms with E-state index >= 15 is 0 Å². The van der Waals surface area contributed by atoms with Crippen LogP contribution in [-0.4, -0.2) is 42.7 Å². The summed E-state index contributed by atoms with van der Waals surface area (Å²) in [4.78, 5) is 16.1. The number of fused-ring (bicyclic) bond motifs is 1. The minimum absolute atomic E-state index is 0.130. The van der Waals surface area contributed by atoms with Gasteiger partial charge in [0.1, 0.15) is 24.0 Å². The number of pyridine rings is 1. The average Bonchev–Trinajstić information content (AvgIpc) is 2.92. The number of carbonyl (C=O) groups excluding carboxylic acids is 1. The van der Waals surface area contributed by atoms with Crippen molar-refractivity contribution in [3.8, 4) is 5.75 Å². The smallest absolute Gasteiger partial charge is 0.344 e. The molecule has 7 heteroatoms. The maximum absolute atomic E-state index is 11.8. The maximum Gasteiger partial charge on any atom is 0.344 e. The number of esters is 1. The Kier molecular flexibility index (Phi) is 4.89. The minimum atomic E-state index is -0.637. The lowest BCUT2D eigenvalue weighted by Crippen LogP contribution is -2.26. The quantitative estimate of drug-likeness (QED) is 0.771. The summed E-state index contributed by atoms with van der Waals surface area (Å²) in [5, 5.41) is 1.35. The van der Waals surface area contributed by atoms with Gasteiger partial charge in [0, 0.05) is 11.6 Å². The summed E-state index contributed by atoms with van der Waals surface area (Å²) in [5.41, 5.74) is 0.604. The van der Waals surface area contributed by atoms with Crippen molar-refractivity contribution in [2.45, 2.75) is 25.7 Å². The molecule has 6 nitrogen and oxygen atoms in total. The van der Waals surface area contributed by atoms with Gasteiger partial charge >= 0.3 is 5.97 Å². The monoisotopic (exact) mass is 351 g/mol. The Morgan fingerprint density at radius 3 is 3.00 bits per heavy atom. The second-order valence-electron chi connectivity index (χ2n) is 5.87. The molecule has 0 amide bonds. The third-order valence-electron chi connectivity index (χ3n) is 3.52. The lowest BCUT2D eigenvalue weighted by atomic mass is 10.2. The Balaban J connectivity index is 1.54. The molecule has 2 heterocycles. The van der Waals surface area contributed by atoms with Gasteiger partial charge in [0.05, 0.1) is 11.6 Å². The van der Waals surface area contributed by atoms with Gasteiger partial charge in [-0.25, -0.2) is 4.79 Å². The first-order valence-electron chi connectivity index (χ1n) is 7.58. The van der Waals surface area contributed by atoms with E-state index in [0.717, 1.165) is 5.39 Å². The van der Waals surface area contributed by atoms with Crippen LogP contribution in [0.5, 0.6) is 5.75 Å². The van der Waals surface area contributed by atoms with Crippen molar-refractivity contribution in [3.63, 3.8) is 0 Å². The van der Waals surface area contributed by atoms with Crippen LogP contribution in [0.4, 0.5) is 0 Å². The van der Waals surface area contributed by atoms with Crippen LogP contribution in [0, 0.1) is 0 Å². The molecular weight excluding hydrogens is 334 g/mol. The highest BCUT2D eigenvalue weighted by Gasteiger charge is 2.33. The highest BCUT2D eigenvalue weighted by molar-refractivity contribution is 6.35. The standard InChI is InChI=1S/C17H18ClNO5/c1-17(2)23-9-11(24-17)8-22-15(20)10-21-14-6-5-13(18)12-4-3-7-19-16(12)14/h3-7,11H,8-10H2,1-2H3. The van der Waals surface area contributed by atoms with E-state index in [1.165, 1.54) is 0 Å². The summed E-state index contributed by atoms with van der Waals surface area (Å²) in [6.45, 7) is 3.94. The topological polar surface area (TPSA) is 66.9 Å². The molecule has 1 fully saturated rings. The third kappa shape index (κ3) is 3.95. The largest absolute Gasteiger partial charge is 0.480 e. The van der Waals surface area contributed by atoms with Gasteiger partial charge in [-0.05, 0) is 38.1 Å². The van der Waals surface area contributed by atoms with E-state index in [0.29, 0.717) is 22.9 Å². The van der Waals surface area contributed by atoms with Crippen LogP contribution in [0.1, 0.15) is 13.8 Å². The number of rotatable bonds is 5. The van der Waals surface area contributed by atoms with Gasteiger partial charge < -0.3 is 18.9 Å². The number of hydrogen-bond acceptors (Lipinski definition) is 6. The van der Waals surface area contributed by atoms with Crippen molar-refractivity contribution in [2.75, 3.05) is 19.8 Å². The van der Waals surface area contributed by atoms with Crippen LogP contribution in [0.3, 0.4) is 0 Å². The van der Waals surface area contributed by atoms with Gasteiger partial charge in [-0.1, -0.05) is 11.6 Å². The molecule has 2 aromatic rings. The lowest BCUT2D eigenvalue weighted by Gasteiger charge is -2.17. The van der Waals surface area contributed by atoms with Gasteiger partial charge in [0.25, 0.3) is 0 Å². The fraction of sp³-hybridized carbons (Fsp3) is 0.412. The van der Waals surface area contributed by atoms with Crippen molar-refractivity contribution < 1.29 is 23.7 Å². The molecule has 0 bridgehead atoms. The summed E-state index contributed by atoms with van der Waals surface area (Å²) in [7, 11) is 0. The van der Waals surface area contributed by atoms with E-state index in [1.54, 1.807) is 24.4 Å². The van der Waals surface area contributed by atoms with Crippen molar-refractivity contribution in [3.05, 3.63) is 35.5 Å². The van der Waals surface area contributed by atoms with Gasteiger partial charge in [0.2, 0.25) is 0 Å². The zero-order chi connectivity index (χ0) is 17.2. The summed E-state index contributed by atoms with van der Waals surface area (Å²) in [6, 6.07) is 7.02. The number of hydrogen-bond donors (Lipinski definition) is 0. The Hall–Kier alpha value is -1.89. The molecule has 3 rings (SSSR count). The second-order valence-corrected chi connectivity index (χ2v) is 6.27. The van der Waals surface area contributed by atoms with Crippen molar-refractivity contribution in [1.29, 1.82) is 0 Å². The number of halogens is 1. The molecule has 24 heavy (non-hydrogen) atoms. The second kappa shape index (κ2) is 6.93. The molecule has 0 saturated carbocycles. The summed E-state index contributed by atoms with van der Waals surface area (Å²) in [5.74, 6) is -0.641. The van der Waals surface area contributed by atoms with E-state index in [-0.39, 0.29) is 19.3 Å². The third-order valence-corrected chi connectivity index (χ3v) is 3.85. The van der Waals surface area contributed by atoms with E-state index in [4.69, 9.17) is 30.5 Å². The van der Waals surface area contributed by atoms with E-state index < -0.39 is 11.8 Å². The Morgan fingerprint density at radius 2 is 2.25 bits per heavy atom. The Bertz CT molecular complexity index is 749. The SMILES string of the molecule is CC1(C)OCC(COC(=O)COc2ccc(Cl)c3cccnc23)O1. The molecule has 128 valence electrons. The minimum Gasteiger partial charge on any atom is -0.480 e. The fourth-order valence-electron chi connectivity index (χ4n) is 2.44. The number of ether oxygens (including phenoxy) is 4. The lowest BCUT2D eigenvalue weighted by molar-refractivity contribution is -0.159. The first kappa shape index (κ1) is 17.0. The molecule has 0 radical (unpaired) electrons. The molecule has 1 saturated heterocycles. The van der Waals surface area contributed by atoms with Crippen molar-refractivity contribution in [2.24, 2.45) is 0 Å². The molecule has 0 N–H and O–H groups in total. The van der Waals surface area contributed by atoms with Gasteiger partial charge in [0.15, 0.2) is 12.4 Å². The predicted molar refractivity (Wildman–Crippen MR) is 88.1 cm³/mol. The molecule has 1 unspecified atom stereocenters. The Labute approximate surface area is 144 Å². The number of carbonyl (C=O) groups is 1. The molecule has 1 aromatic carbocycles. The van der Waals surface area contributed by atoms with Gasteiger partial charge in [-0.15, -0.1) is 0 Å². The van der Waals surface area contributed by atoms with Gasteiger partial charge in [-0.2, -0.15) is 0 Å². The van der Waals surface area contributed by atoms with Crippen LogP contribution in [0.2, 0.25) is 5.02 Å². The number of benzene rings is 1. The zero-order valence-corrected chi connectivity index (χ0v) is 14.2. The van der Waals surface area contributed by atoms with Crippen LogP contribution >= 0.6 is 11.6 Å². The van der Waals surface area contributed by atoms with E-state index in [9.17, 15) is 4.79 Å². The van der Waals surface area contributed by atoms with E-state index in [1.807, 2.05) is 19.9 Å². The van der Waals surface area contributed by atoms with Crippen LogP contribution < -0.4 is 4.74 Å². The summed E-state index contributed by atoms with van der Waals surface area (Å²) in [6.07, 6.45) is 1.38. The number of nitrogens with zero attached hydrogens (tertiary/aromatic N) is 1. The van der Waals surface area contributed by atoms with Crippen molar-refractivity contribution >= 4 is 28.5 Å². The first-order valence-corrected chi connectivity index (χ1v) is 7.96. The van der Waals surface area contributed by atoms with Crippen LogP contribution in [0.25, 0.3) is 10.9 Å². The maximum atomic E-state index is 11.8. The van der Waals surface area contributed by atoms with Gasteiger partial charge in [-0.3, -0.25) is 4.98 Å². The summed E-state index contributed by atoms with van der Waals surface area (Å²) < 4.78 is 21.7. The molecule has 1 aliphatic rings. The first-order chi connectivity index (χ1) is 11.4. The molecule has 1 aliphatic heterocycles. The zero-order valence-electron chi connectivity index (χ0n) is 13.5. The average molecular weight is 352 g/mol. The molecule has 0 spiro atoms. The van der Waals surface area contributed by atoms with Crippen LogP contribution in [-0.2, 0) is 19.0 Å².